The molecule has 0 fully saturated rings. The van der Waals surface area contributed by atoms with Crippen LogP contribution in [0.1, 0.15) is 5.56 Å². The molecule has 1 aromatic carbocycles. The predicted octanol–water partition coefficient (Wildman–Crippen LogP) is 0.272. The van der Waals surface area contributed by atoms with Gasteiger partial charge in [0.05, 0.1) is 0 Å². The van der Waals surface area contributed by atoms with Crippen molar-refractivity contribution in [1.29, 1.82) is 0 Å². The molecule has 0 saturated heterocycles. The molecule has 0 aliphatic heterocycles. The summed E-state index contributed by atoms with van der Waals surface area (Å²) in [5, 5.41) is 18.2. The van der Waals surface area contributed by atoms with E-state index in [-0.39, 0.29) is 0 Å². The van der Waals surface area contributed by atoms with E-state index in [9.17, 15) is 0 Å². The molecule has 5 nitrogen and oxygen atoms in total. The van der Waals surface area contributed by atoms with Crippen LogP contribution in [0.3, 0.4) is 0 Å². The fraction of sp³-hybridized carbons (Fsp3) is 0.267. The molecule has 0 unspecified atom stereocenters. The standard InChI is InChI=1S/C15H19BN2O3/c1-18(12-13-4-3-7-17-11-13)8-9-21-15-6-2-5-14(10-15)16(19)20/h2-7,10-11,19-20H,8-9,12H2,1H3. The molecule has 21 heavy (non-hydrogen) atoms. The minimum Gasteiger partial charge on any atom is -0.492 e. The molecule has 0 aliphatic rings. The third-order valence-electron chi connectivity index (χ3n) is 3.07. The van der Waals surface area contributed by atoms with Crippen LogP contribution in [0.15, 0.2) is 48.8 Å². The zero-order chi connectivity index (χ0) is 15.1. The zero-order valence-corrected chi connectivity index (χ0v) is 12.0. The maximum absolute atomic E-state index is 9.11. The van der Waals surface area contributed by atoms with Crippen LogP contribution in [-0.4, -0.2) is 47.2 Å². The first-order valence-corrected chi connectivity index (χ1v) is 6.81. The van der Waals surface area contributed by atoms with Gasteiger partial charge in [0.2, 0.25) is 0 Å². The minimum absolute atomic E-state index is 0.427. The van der Waals surface area contributed by atoms with Gasteiger partial charge < -0.3 is 14.8 Å². The number of hydrogen-bond acceptors (Lipinski definition) is 5. The molecule has 0 amide bonds. The van der Waals surface area contributed by atoms with Crippen LogP contribution in [0, 0.1) is 0 Å². The molecule has 0 aliphatic carbocycles. The summed E-state index contributed by atoms with van der Waals surface area (Å²) in [4.78, 5) is 6.23. The SMILES string of the molecule is CN(CCOc1cccc(B(O)O)c1)Cc1cccnc1. The number of pyridine rings is 1. The van der Waals surface area contributed by atoms with Gasteiger partial charge in [-0.3, -0.25) is 9.88 Å². The third-order valence-corrected chi connectivity index (χ3v) is 3.07. The van der Waals surface area contributed by atoms with E-state index in [0.29, 0.717) is 17.8 Å². The van der Waals surface area contributed by atoms with Crippen LogP contribution >= 0.6 is 0 Å². The third kappa shape index (κ3) is 5.19. The molecule has 2 N–H and O–H groups in total. The second-order valence-corrected chi connectivity index (χ2v) is 4.89. The van der Waals surface area contributed by atoms with E-state index < -0.39 is 7.12 Å². The van der Waals surface area contributed by atoms with Crippen LogP contribution in [0.4, 0.5) is 0 Å². The van der Waals surface area contributed by atoms with Crippen LogP contribution in [0.5, 0.6) is 5.75 Å². The van der Waals surface area contributed by atoms with Gasteiger partial charge in [-0.1, -0.05) is 18.2 Å². The lowest BCUT2D eigenvalue weighted by molar-refractivity contribution is 0.233. The number of rotatable bonds is 7. The molecular formula is C15H19BN2O3. The lowest BCUT2D eigenvalue weighted by Gasteiger charge is -2.17. The van der Waals surface area contributed by atoms with E-state index in [1.807, 2.05) is 25.4 Å². The van der Waals surface area contributed by atoms with Crippen molar-refractivity contribution < 1.29 is 14.8 Å². The summed E-state index contributed by atoms with van der Waals surface area (Å²) < 4.78 is 5.63. The second kappa shape index (κ2) is 7.78. The van der Waals surface area contributed by atoms with E-state index in [1.165, 1.54) is 0 Å². The molecule has 6 heteroatoms. The Labute approximate surface area is 125 Å². The Bertz CT molecular complexity index is 552. The van der Waals surface area contributed by atoms with Gasteiger partial charge in [0.15, 0.2) is 0 Å². The van der Waals surface area contributed by atoms with Gasteiger partial charge in [-0.2, -0.15) is 0 Å². The highest BCUT2D eigenvalue weighted by atomic mass is 16.5. The van der Waals surface area contributed by atoms with Crippen molar-refractivity contribution in [3.05, 3.63) is 54.4 Å². The summed E-state index contributed by atoms with van der Waals surface area (Å²) in [6.45, 7) is 2.11. The first-order chi connectivity index (χ1) is 10.1. The monoisotopic (exact) mass is 286 g/mol. The van der Waals surface area contributed by atoms with Crippen LogP contribution in [-0.2, 0) is 6.54 Å². The van der Waals surface area contributed by atoms with Crippen molar-refractivity contribution in [3.8, 4) is 5.75 Å². The lowest BCUT2D eigenvalue weighted by Crippen LogP contribution is -2.29. The molecule has 2 rings (SSSR count). The molecule has 0 radical (unpaired) electrons. The Kier molecular flexibility index (Phi) is 5.74. The van der Waals surface area contributed by atoms with E-state index in [4.69, 9.17) is 14.8 Å². The Morgan fingerprint density at radius 3 is 2.81 bits per heavy atom. The number of aromatic nitrogens is 1. The zero-order valence-electron chi connectivity index (χ0n) is 12.0. The number of likely N-dealkylation sites (N-methyl/N-ethyl adjacent to an activating group) is 1. The number of ether oxygens (including phenoxy) is 1. The largest absolute Gasteiger partial charge is 0.492 e. The van der Waals surface area contributed by atoms with Crippen LogP contribution in [0.25, 0.3) is 0 Å². The summed E-state index contributed by atoms with van der Waals surface area (Å²) in [6, 6.07) is 10.8. The molecule has 0 saturated carbocycles. The molecule has 0 atom stereocenters. The number of benzene rings is 1. The molecule has 110 valence electrons. The highest BCUT2D eigenvalue weighted by Gasteiger charge is 2.11. The summed E-state index contributed by atoms with van der Waals surface area (Å²) in [5.41, 5.74) is 1.58. The summed E-state index contributed by atoms with van der Waals surface area (Å²) >= 11 is 0. The molecule has 0 bridgehead atoms. The second-order valence-electron chi connectivity index (χ2n) is 4.89. The lowest BCUT2D eigenvalue weighted by atomic mass is 9.80. The van der Waals surface area contributed by atoms with Crippen molar-refractivity contribution in [3.63, 3.8) is 0 Å². The van der Waals surface area contributed by atoms with Gasteiger partial charge in [0.25, 0.3) is 0 Å². The topological polar surface area (TPSA) is 65.8 Å². The fourth-order valence-corrected chi connectivity index (χ4v) is 1.97. The highest BCUT2D eigenvalue weighted by molar-refractivity contribution is 6.58. The molecule has 1 heterocycles. The van der Waals surface area contributed by atoms with Crippen LogP contribution in [0.2, 0.25) is 0 Å². The molecule has 0 spiro atoms. The summed E-state index contributed by atoms with van der Waals surface area (Å²) in [6.07, 6.45) is 3.61. The molecule has 1 aromatic heterocycles. The van der Waals surface area contributed by atoms with Crippen molar-refractivity contribution in [2.24, 2.45) is 0 Å². The van der Waals surface area contributed by atoms with E-state index in [1.54, 1.807) is 30.5 Å². The highest BCUT2D eigenvalue weighted by Crippen LogP contribution is 2.08. The Balaban J connectivity index is 1.77. The van der Waals surface area contributed by atoms with E-state index in [0.717, 1.165) is 18.7 Å². The Morgan fingerprint density at radius 1 is 1.24 bits per heavy atom. The average molecular weight is 286 g/mol. The first kappa shape index (κ1) is 15.5. The van der Waals surface area contributed by atoms with Crippen molar-refractivity contribution in [2.75, 3.05) is 20.2 Å². The van der Waals surface area contributed by atoms with Crippen LogP contribution < -0.4 is 10.2 Å². The van der Waals surface area contributed by atoms with Gasteiger partial charge in [-0.15, -0.1) is 0 Å². The maximum Gasteiger partial charge on any atom is 0.488 e. The fourth-order valence-electron chi connectivity index (χ4n) is 1.97. The van der Waals surface area contributed by atoms with E-state index >= 15 is 0 Å². The number of hydrogen-bond donors (Lipinski definition) is 2. The maximum atomic E-state index is 9.11. The van der Waals surface area contributed by atoms with Gasteiger partial charge in [0.1, 0.15) is 12.4 Å². The molecular weight excluding hydrogens is 267 g/mol. The average Bonchev–Trinajstić information content (AvgIpc) is 2.48. The predicted molar refractivity (Wildman–Crippen MR) is 82.3 cm³/mol. The normalized spacial score (nSPS) is 10.7. The van der Waals surface area contributed by atoms with Crippen molar-refractivity contribution in [2.45, 2.75) is 6.54 Å². The Hall–Kier alpha value is -1.89. The minimum atomic E-state index is -1.47. The first-order valence-electron chi connectivity index (χ1n) is 6.81. The quantitative estimate of drug-likeness (QED) is 0.715. The van der Waals surface area contributed by atoms with Gasteiger partial charge in [-0.05, 0) is 36.3 Å². The Morgan fingerprint density at radius 2 is 2.10 bits per heavy atom. The van der Waals surface area contributed by atoms with Gasteiger partial charge in [0, 0.05) is 25.5 Å². The van der Waals surface area contributed by atoms with E-state index in [2.05, 4.69) is 9.88 Å². The smallest absolute Gasteiger partial charge is 0.488 e. The van der Waals surface area contributed by atoms with Gasteiger partial charge >= 0.3 is 7.12 Å². The molecule has 2 aromatic rings. The van der Waals surface area contributed by atoms with Crippen molar-refractivity contribution >= 4 is 12.6 Å². The van der Waals surface area contributed by atoms with Gasteiger partial charge in [-0.25, -0.2) is 0 Å². The van der Waals surface area contributed by atoms with Crippen molar-refractivity contribution in [1.82, 2.24) is 9.88 Å². The summed E-state index contributed by atoms with van der Waals surface area (Å²) in [5.74, 6) is 0.635. The summed E-state index contributed by atoms with van der Waals surface area (Å²) in [7, 11) is 0.548. The number of nitrogens with zero attached hydrogens (tertiary/aromatic N) is 2.